The number of benzene rings is 1. The standard InChI is InChI=1S/C16H19NO7/c1-22-14(19)8-7-13(18)17-11-3-5-12(6-4-11)24-16(21)10-9-15(20)23-2/h3-6H,7-10H2,1-2H3,(H,17,18). The predicted octanol–water partition coefficient (Wildman–Crippen LogP) is 1.44. The quantitative estimate of drug-likeness (QED) is 0.565. The lowest BCUT2D eigenvalue weighted by Gasteiger charge is -2.07. The highest BCUT2D eigenvalue weighted by Gasteiger charge is 2.10. The van der Waals surface area contributed by atoms with Crippen molar-refractivity contribution in [2.24, 2.45) is 0 Å². The summed E-state index contributed by atoms with van der Waals surface area (Å²) in [5, 5.41) is 2.60. The Morgan fingerprint density at radius 1 is 0.792 bits per heavy atom. The highest BCUT2D eigenvalue weighted by Crippen LogP contribution is 2.17. The maximum Gasteiger partial charge on any atom is 0.311 e. The number of hydrogen-bond donors (Lipinski definition) is 1. The van der Waals surface area contributed by atoms with E-state index in [1.807, 2.05) is 0 Å². The minimum Gasteiger partial charge on any atom is -0.469 e. The summed E-state index contributed by atoms with van der Waals surface area (Å²) < 4.78 is 13.9. The number of methoxy groups -OCH3 is 2. The maximum atomic E-state index is 11.6. The van der Waals surface area contributed by atoms with Crippen LogP contribution >= 0.6 is 0 Å². The molecule has 0 atom stereocenters. The third-order valence-corrected chi connectivity index (χ3v) is 2.91. The van der Waals surface area contributed by atoms with Crippen molar-refractivity contribution in [3.63, 3.8) is 0 Å². The molecule has 0 bridgehead atoms. The topological polar surface area (TPSA) is 108 Å². The minimum absolute atomic E-state index is 0.00176. The third kappa shape index (κ3) is 7.39. The SMILES string of the molecule is COC(=O)CCC(=O)Nc1ccc(OC(=O)CCC(=O)OC)cc1. The molecule has 1 amide bonds. The number of carbonyl (C=O) groups is 4. The molecule has 0 saturated heterocycles. The van der Waals surface area contributed by atoms with Crippen LogP contribution in [-0.4, -0.2) is 38.0 Å². The number of amides is 1. The van der Waals surface area contributed by atoms with Gasteiger partial charge in [-0.25, -0.2) is 0 Å². The smallest absolute Gasteiger partial charge is 0.311 e. The Hall–Kier alpha value is -2.90. The zero-order valence-corrected chi connectivity index (χ0v) is 13.5. The predicted molar refractivity (Wildman–Crippen MR) is 83.2 cm³/mol. The van der Waals surface area contributed by atoms with Crippen LogP contribution < -0.4 is 10.1 Å². The summed E-state index contributed by atoms with van der Waals surface area (Å²) in [5.74, 6) is -1.55. The molecule has 24 heavy (non-hydrogen) atoms. The van der Waals surface area contributed by atoms with Gasteiger partial charge in [-0.3, -0.25) is 19.2 Å². The van der Waals surface area contributed by atoms with Crippen LogP contribution in [0.4, 0.5) is 5.69 Å². The van der Waals surface area contributed by atoms with Crippen molar-refractivity contribution in [2.45, 2.75) is 25.7 Å². The lowest BCUT2D eigenvalue weighted by Crippen LogP contribution is -2.14. The molecule has 8 nitrogen and oxygen atoms in total. The molecule has 8 heteroatoms. The molecule has 0 spiro atoms. The molecule has 1 aromatic rings. The summed E-state index contributed by atoms with van der Waals surface area (Å²) in [5.41, 5.74) is 0.499. The van der Waals surface area contributed by atoms with Crippen LogP contribution in [0.5, 0.6) is 5.75 Å². The molecule has 0 heterocycles. The fourth-order valence-electron chi connectivity index (χ4n) is 1.64. The van der Waals surface area contributed by atoms with Gasteiger partial charge in [0.25, 0.3) is 0 Å². The number of anilines is 1. The summed E-state index contributed by atoms with van der Waals surface area (Å²) in [6.07, 6.45) is -0.127. The van der Waals surface area contributed by atoms with E-state index < -0.39 is 17.9 Å². The first kappa shape index (κ1) is 19.1. The zero-order chi connectivity index (χ0) is 17.9. The number of nitrogens with one attached hydrogen (secondary N) is 1. The molecular formula is C16H19NO7. The summed E-state index contributed by atoms with van der Waals surface area (Å²) in [7, 11) is 2.50. The molecular weight excluding hydrogens is 318 g/mol. The molecule has 1 rings (SSSR count). The minimum atomic E-state index is -0.560. The van der Waals surface area contributed by atoms with Crippen molar-refractivity contribution in [1.82, 2.24) is 0 Å². The van der Waals surface area contributed by atoms with Crippen LogP contribution in [0.15, 0.2) is 24.3 Å². The van der Waals surface area contributed by atoms with Crippen molar-refractivity contribution < 1.29 is 33.4 Å². The second-order valence-corrected chi connectivity index (χ2v) is 4.70. The monoisotopic (exact) mass is 337 g/mol. The van der Waals surface area contributed by atoms with Crippen LogP contribution in [0.3, 0.4) is 0 Å². The van der Waals surface area contributed by atoms with Crippen LogP contribution in [0, 0.1) is 0 Å². The second kappa shape index (κ2) is 9.98. The summed E-state index contributed by atoms with van der Waals surface area (Å²) >= 11 is 0. The Balaban J connectivity index is 2.42. The van der Waals surface area contributed by atoms with E-state index in [9.17, 15) is 19.2 Å². The van der Waals surface area contributed by atoms with E-state index in [1.165, 1.54) is 26.4 Å². The molecule has 0 unspecified atom stereocenters. The lowest BCUT2D eigenvalue weighted by atomic mass is 10.2. The van der Waals surface area contributed by atoms with E-state index in [2.05, 4.69) is 14.8 Å². The van der Waals surface area contributed by atoms with Gasteiger partial charge in [0.2, 0.25) is 5.91 Å². The molecule has 0 aliphatic heterocycles. The average molecular weight is 337 g/mol. The first-order valence-electron chi connectivity index (χ1n) is 7.19. The Morgan fingerprint density at radius 3 is 1.83 bits per heavy atom. The summed E-state index contributed by atoms with van der Waals surface area (Å²) in [6.45, 7) is 0. The van der Waals surface area contributed by atoms with E-state index in [-0.39, 0.29) is 37.3 Å². The van der Waals surface area contributed by atoms with E-state index in [4.69, 9.17) is 4.74 Å². The fraction of sp³-hybridized carbons (Fsp3) is 0.375. The Labute approximate surface area is 139 Å². The van der Waals surface area contributed by atoms with E-state index in [0.29, 0.717) is 5.69 Å². The van der Waals surface area contributed by atoms with Crippen LogP contribution in [0.2, 0.25) is 0 Å². The van der Waals surface area contributed by atoms with Gasteiger partial charge in [-0.2, -0.15) is 0 Å². The molecule has 0 saturated carbocycles. The largest absolute Gasteiger partial charge is 0.469 e. The van der Waals surface area contributed by atoms with Crippen LogP contribution in [-0.2, 0) is 28.7 Å². The normalized spacial score (nSPS) is 9.75. The number of rotatable bonds is 8. The van der Waals surface area contributed by atoms with Gasteiger partial charge in [0, 0.05) is 12.1 Å². The lowest BCUT2D eigenvalue weighted by molar-refractivity contribution is -0.144. The third-order valence-electron chi connectivity index (χ3n) is 2.91. The van der Waals surface area contributed by atoms with Gasteiger partial charge in [0.05, 0.1) is 33.5 Å². The summed E-state index contributed by atoms with van der Waals surface area (Å²) in [6, 6.07) is 6.12. The first-order valence-corrected chi connectivity index (χ1v) is 7.19. The van der Waals surface area contributed by atoms with Crippen molar-refractivity contribution in [2.75, 3.05) is 19.5 Å². The van der Waals surface area contributed by atoms with Crippen LogP contribution in [0.25, 0.3) is 0 Å². The number of hydrogen-bond acceptors (Lipinski definition) is 7. The molecule has 1 aromatic carbocycles. The Bertz CT molecular complexity index is 542. The van der Waals surface area contributed by atoms with Crippen molar-refractivity contribution >= 4 is 29.5 Å². The first-order chi connectivity index (χ1) is 11.4. The van der Waals surface area contributed by atoms with E-state index >= 15 is 0 Å². The van der Waals surface area contributed by atoms with Gasteiger partial charge in [0.15, 0.2) is 0 Å². The van der Waals surface area contributed by atoms with Gasteiger partial charge in [-0.05, 0) is 24.3 Å². The van der Waals surface area contributed by atoms with Gasteiger partial charge in [-0.15, -0.1) is 0 Å². The highest BCUT2D eigenvalue weighted by atomic mass is 16.5. The highest BCUT2D eigenvalue weighted by molar-refractivity contribution is 5.92. The van der Waals surface area contributed by atoms with E-state index in [0.717, 1.165) is 0 Å². The molecule has 0 radical (unpaired) electrons. The van der Waals surface area contributed by atoms with Crippen molar-refractivity contribution in [3.05, 3.63) is 24.3 Å². The Kier molecular flexibility index (Phi) is 7.97. The van der Waals surface area contributed by atoms with Gasteiger partial charge in [0.1, 0.15) is 5.75 Å². The number of carbonyl (C=O) groups excluding carboxylic acids is 4. The van der Waals surface area contributed by atoms with Crippen molar-refractivity contribution in [3.8, 4) is 5.75 Å². The van der Waals surface area contributed by atoms with Crippen LogP contribution in [0.1, 0.15) is 25.7 Å². The Morgan fingerprint density at radius 2 is 1.29 bits per heavy atom. The maximum absolute atomic E-state index is 11.6. The fourth-order valence-corrected chi connectivity index (χ4v) is 1.64. The van der Waals surface area contributed by atoms with Gasteiger partial charge < -0.3 is 19.5 Å². The molecule has 1 N–H and O–H groups in total. The van der Waals surface area contributed by atoms with Gasteiger partial charge in [-0.1, -0.05) is 0 Å². The van der Waals surface area contributed by atoms with E-state index in [1.54, 1.807) is 12.1 Å². The average Bonchev–Trinajstić information content (AvgIpc) is 2.59. The molecule has 130 valence electrons. The number of esters is 3. The second-order valence-electron chi connectivity index (χ2n) is 4.70. The molecule has 0 aromatic heterocycles. The zero-order valence-electron chi connectivity index (χ0n) is 13.5. The van der Waals surface area contributed by atoms with Gasteiger partial charge >= 0.3 is 17.9 Å². The summed E-state index contributed by atoms with van der Waals surface area (Å²) in [4.78, 5) is 45.0. The molecule has 0 aliphatic carbocycles. The molecule has 0 aliphatic rings. The molecule has 0 fully saturated rings. The number of ether oxygens (including phenoxy) is 3. The van der Waals surface area contributed by atoms with Crippen molar-refractivity contribution in [1.29, 1.82) is 0 Å².